The molecule has 0 amide bonds. The topological polar surface area (TPSA) is 0 Å². The summed E-state index contributed by atoms with van der Waals surface area (Å²) in [6.07, 6.45) is 1.32. The Morgan fingerprint density at radius 1 is 0.842 bits per heavy atom. The summed E-state index contributed by atoms with van der Waals surface area (Å²) >= 11 is 0. The molecular weight excluding hydrogens is 327 g/mol. The van der Waals surface area contributed by atoms with Crippen LogP contribution in [-0.4, -0.2) is 19.5 Å². The van der Waals surface area contributed by atoms with Crippen LogP contribution in [0.25, 0.3) is 18.8 Å². The minimum atomic E-state index is -0.943. The van der Waals surface area contributed by atoms with Gasteiger partial charge >= 0.3 is 0 Å². The number of hydrogen-bond donors (Lipinski definition) is 0. The lowest BCUT2D eigenvalue weighted by Crippen LogP contribution is -2.19. The average Bonchev–Trinajstić information content (AvgIpc) is 2.21. The van der Waals surface area contributed by atoms with Gasteiger partial charge in [-0.2, -0.15) is 0 Å². The van der Waals surface area contributed by atoms with Crippen LogP contribution in [0.4, 0.5) is 0 Å². The van der Waals surface area contributed by atoms with Crippen molar-refractivity contribution < 1.29 is 0 Å². The Hall–Kier alpha value is 0.530. The Morgan fingerprint density at radius 2 is 1.26 bits per heavy atom. The molecule has 3 aromatic rings. The predicted molar refractivity (Wildman–Crippen MR) is 101 cm³/mol. The Kier molecular flexibility index (Phi) is 3.43. The van der Waals surface area contributed by atoms with Crippen LogP contribution in [0.15, 0.2) is 0 Å². The highest BCUT2D eigenvalue weighted by atomic mass is 32.9. The van der Waals surface area contributed by atoms with Crippen LogP contribution in [0.3, 0.4) is 0 Å². The van der Waals surface area contributed by atoms with E-state index >= 15 is 0 Å². The summed E-state index contributed by atoms with van der Waals surface area (Å²) in [6, 6.07) is 0. The highest BCUT2D eigenvalue weighted by Gasteiger charge is 2.37. The summed E-state index contributed by atoms with van der Waals surface area (Å²) in [5.41, 5.74) is 1.88. The van der Waals surface area contributed by atoms with Crippen LogP contribution in [0.1, 0.15) is 33.3 Å². The summed E-state index contributed by atoms with van der Waals surface area (Å²) in [5.74, 6) is 0. The number of hydrogen-bond acceptors (Lipinski definition) is 4. The van der Waals surface area contributed by atoms with E-state index in [1.165, 1.54) is 6.16 Å². The zero-order valence-electron chi connectivity index (χ0n) is 12.3. The maximum atomic E-state index is 2.51. The molecule has 0 saturated carbocycles. The predicted octanol–water partition coefficient (Wildman–Crippen LogP) is 6.46. The van der Waals surface area contributed by atoms with Crippen molar-refractivity contribution >= 4 is 72.7 Å². The molecule has 0 radical (unpaired) electrons. The van der Waals surface area contributed by atoms with Gasteiger partial charge in [-0.3, -0.25) is 0 Å². The van der Waals surface area contributed by atoms with Crippen molar-refractivity contribution in [2.45, 2.75) is 33.1 Å². The van der Waals surface area contributed by atoms with Crippen molar-refractivity contribution in [2.75, 3.05) is 19.5 Å². The smallest absolute Gasteiger partial charge is 0.0779 e. The SMILES string of the molecule is CC[P+](C)(C)c1c2ssc2c(C(C)(C)C)c2ssc12. The lowest BCUT2D eigenvalue weighted by molar-refractivity contribution is 0.603. The van der Waals surface area contributed by atoms with Crippen LogP contribution >= 0.6 is 48.6 Å². The van der Waals surface area contributed by atoms with E-state index in [1.807, 2.05) is 41.4 Å². The van der Waals surface area contributed by atoms with Gasteiger partial charge in [0.15, 0.2) is 0 Å². The molecule has 0 unspecified atom stereocenters. The fourth-order valence-corrected chi connectivity index (χ4v) is 11.3. The zero-order valence-corrected chi connectivity index (χ0v) is 16.4. The molecule has 0 aliphatic rings. The van der Waals surface area contributed by atoms with Gasteiger partial charge in [0, 0.05) is 7.26 Å². The van der Waals surface area contributed by atoms with E-state index in [9.17, 15) is 0 Å². The van der Waals surface area contributed by atoms with E-state index in [1.54, 1.807) is 29.7 Å². The molecule has 5 heteroatoms. The van der Waals surface area contributed by atoms with Crippen molar-refractivity contribution in [3.63, 3.8) is 0 Å². The average molecular weight is 348 g/mol. The molecule has 1 aromatic carbocycles. The molecular formula is C14H20PS4+. The normalized spacial score (nSPS) is 14.0. The summed E-state index contributed by atoms with van der Waals surface area (Å²) in [4.78, 5) is 0. The van der Waals surface area contributed by atoms with E-state index < -0.39 is 7.26 Å². The van der Waals surface area contributed by atoms with Crippen molar-refractivity contribution in [1.29, 1.82) is 0 Å². The van der Waals surface area contributed by atoms with Gasteiger partial charge in [0.2, 0.25) is 0 Å². The zero-order chi connectivity index (χ0) is 14.0. The molecule has 2 heterocycles. The highest BCUT2D eigenvalue weighted by Crippen LogP contribution is 2.59. The lowest BCUT2D eigenvalue weighted by Gasteiger charge is -2.28. The second-order valence-electron chi connectivity index (χ2n) is 6.62. The Morgan fingerprint density at radius 3 is 1.53 bits per heavy atom. The third-order valence-electron chi connectivity index (χ3n) is 3.86. The molecule has 0 fully saturated rings. The first-order chi connectivity index (χ1) is 8.77. The van der Waals surface area contributed by atoms with E-state index in [-0.39, 0.29) is 5.41 Å². The van der Waals surface area contributed by atoms with E-state index in [0.717, 1.165) is 0 Å². The Bertz CT molecular complexity index is 683. The summed E-state index contributed by atoms with van der Waals surface area (Å²) < 4.78 is 6.45. The van der Waals surface area contributed by atoms with Crippen molar-refractivity contribution in [3.05, 3.63) is 5.56 Å². The lowest BCUT2D eigenvalue weighted by atomic mass is 9.87. The Labute approximate surface area is 130 Å². The number of benzene rings is 1. The molecule has 2 aromatic heterocycles. The van der Waals surface area contributed by atoms with Crippen molar-refractivity contribution in [2.24, 2.45) is 0 Å². The van der Waals surface area contributed by atoms with Gasteiger partial charge in [0.05, 0.1) is 38.3 Å². The molecule has 3 rings (SSSR count). The maximum absolute atomic E-state index is 2.51. The molecule has 0 aliphatic heterocycles. The first-order valence-corrected chi connectivity index (χ1v) is 13.7. The Balaban J connectivity index is 2.39. The van der Waals surface area contributed by atoms with Crippen LogP contribution in [-0.2, 0) is 5.41 Å². The first-order valence-electron chi connectivity index (χ1n) is 6.54. The fourth-order valence-electron chi connectivity index (χ4n) is 2.45. The maximum Gasteiger partial charge on any atom is 0.132 e. The molecule has 0 nitrogen and oxygen atoms in total. The molecule has 0 N–H and O–H groups in total. The largest absolute Gasteiger partial charge is 0.132 e. The van der Waals surface area contributed by atoms with Crippen LogP contribution in [0, 0.1) is 0 Å². The van der Waals surface area contributed by atoms with Crippen LogP contribution in [0.2, 0.25) is 0 Å². The molecule has 104 valence electrons. The first kappa shape index (κ1) is 14.5. The van der Waals surface area contributed by atoms with Gasteiger partial charge in [-0.15, -0.1) is 0 Å². The second kappa shape index (κ2) is 4.51. The molecule has 0 atom stereocenters. The number of rotatable bonds is 2. The minimum absolute atomic E-state index is 0.267. The summed E-state index contributed by atoms with van der Waals surface area (Å²) in [6.45, 7) is 14.4. The van der Waals surface area contributed by atoms with Gasteiger partial charge in [-0.25, -0.2) is 0 Å². The second-order valence-corrected chi connectivity index (χ2v) is 15.4. The monoisotopic (exact) mass is 347 g/mol. The molecule has 0 bridgehead atoms. The van der Waals surface area contributed by atoms with Gasteiger partial charge < -0.3 is 0 Å². The van der Waals surface area contributed by atoms with Crippen molar-refractivity contribution in [1.82, 2.24) is 0 Å². The summed E-state index contributed by atoms with van der Waals surface area (Å²) in [7, 11) is 7.06. The van der Waals surface area contributed by atoms with E-state index in [2.05, 4.69) is 41.0 Å². The number of fused-ring (bicyclic) bond motifs is 2. The standard InChI is InChI=1S/C14H20PS4/c1-7-15(5,6)9-12-10(16-18-12)8(14(2,3)4)11-13(9)19-17-11/h7H2,1-6H3/q+1. The quantitative estimate of drug-likeness (QED) is 0.369. The van der Waals surface area contributed by atoms with Gasteiger partial charge in [0.1, 0.15) is 5.30 Å². The third-order valence-corrected chi connectivity index (χ3v) is 12.6. The van der Waals surface area contributed by atoms with Crippen LogP contribution in [0.5, 0.6) is 0 Å². The highest BCUT2D eigenvalue weighted by molar-refractivity contribution is 7.88. The minimum Gasteiger partial charge on any atom is -0.0779 e. The van der Waals surface area contributed by atoms with Gasteiger partial charge in [-0.05, 0) is 17.9 Å². The van der Waals surface area contributed by atoms with Crippen LogP contribution < -0.4 is 5.30 Å². The molecule has 19 heavy (non-hydrogen) atoms. The van der Waals surface area contributed by atoms with Gasteiger partial charge in [0.25, 0.3) is 0 Å². The van der Waals surface area contributed by atoms with Gasteiger partial charge in [-0.1, -0.05) is 62.1 Å². The fraction of sp³-hybridized carbons (Fsp3) is 0.571. The molecule has 0 saturated heterocycles. The summed E-state index contributed by atoms with van der Waals surface area (Å²) in [5, 5.41) is 1.74. The van der Waals surface area contributed by atoms with Crippen molar-refractivity contribution in [3.8, 4) is 0 Å². The third kappa shape index (κ3) is 2.06. The van der Waals surface area contributed by atoms with E-state index in [4.69, 9.17) is 0 Å². The molecule has 0 aliphatic carbocycles. The molecule has 0 spiro atoms. The van der Waals surface area contributed by atoms with E-state index in [0.29, 0.717) is 0 Å².